The number of hydrogen-bond acceptors (Lipinski definition) is 3. The van der Waals surface area contributed by atoms with E-state index in [4.69, 9.17) is 11.6 Å². The molecule has 2 rings (SSSR count). The van der Waals surface area contributed by atoms with Crippen molar-refractivity contribution in [1.29, 1.82) is 0 Å². The predicted octanol–water partition coefficient (Wildman–Crippen LogP) is 3.40. The summed E-state index contributed by atoms with van der Waals surface area (Å²) in [5.41, 5.74) is 1.08. The maximum absolute atomic E-state index is 6.22. The van der Waals surface area contributed by atoms with Gasteiger partial charge in [0.05, 0.1) is 6.04 Å². The van der Waals surface area contributed by atoms with Crippen LogP contribution in [0.4, 0.5) is 0 Å². The number of hydrogen-bond donors (Lipinski definition) is 1. The van der Waals surface area contributed by atoms with E-state index < -0.39 is 0 Å². The Kier molecular flexibility index (Phi) is 4.69. The molecule has 18 heavy (non-hydrogen) atoms. The van der Waals surface area contributed by atoms with Gasteiger partial charge >= 0.3 is 0 Å². The van der Waals surface area contributed by atoms with Crippen molar-refractivity contribution in [1.82, 2.24) is 15.3 Å². The summed E-state index contributed by atoms with van der Waals surface area (Å²) in [5.74, 6) is 0.777. The third-order valence-corrected chi connectivity index (χ3v) is 3.53. The molecule has 0 saturated carbocycles. The predicted molar refractivity (Wildman–Crippen MR) is 76.7 cm³/mol. The van der Waals surface area contributed by atoms with Crippen LogP contribution in [0.3, 0.4) is 0 Å². The van der Waals surface area contributed by atoms with Gasteiger partial charge in [0.15, 0.2) is 0 Å². The fraction of sp³-hybridized carbons (Fsp3) is 0.231. The van der Waals surface area contributed by atoms with Crippen molar-refractivity contribution in [3.05, 3.63) is 57.5 Å². The van der Waals surface area contributed by atoms with Crippen molar-refractivity contribution in [3.8, 4) is 0 Å². The van der Waals surface area contributed by atoms with E-state index in [0.29, 0.717) is 0 Å². The number of nitrogens with one attached hydrogen (secondary N) is 1. The molecule has 2 aromatic rings. The fourth-order valence-electron chi connectivity index (χ4n) is 1.72. The van der Waals surface area contributed by atoms with E-state index in [1.807, 2.05) is 31.3 Å². The largest absolute Gasteiger partial charge is 0.310 e. The van der Waals surface area contributed by atoms with Gasteiger partial charge in [0.2, 0.25) is 0 Å². The summed E-state index contributed by atoms with van der Waals surface area (Å²) in [6, 6.07) is 7.77. The molecule has 0 amide bonds. The molecule has 0 saturated heterocycles. The lowest BCUT2D eigenvalue weighted by Gasteiger charge is -2.15. The number of likely N-dealkylation sites (N-methyl/N-ethyl adjacent to an activating group) is 1. The average Bonchev–Trinajstić information content (AvgIpc) is 2.39. The molecule has 5 heteroatoms. The van der Waals surface area contributed by atoms with Gasteiger partial charge in [-0.05, 0) is 37.2 Å². The summed E-state index contributed by atoms with van der Waals surface area (Å²) < 4.78 is 0.980. The van der Waals surface area contributed by atoms with E-state index in [1.165, 1.54) is 0 Å². The van der Waals surface area contributed by atoms with E-state index in [2.05, 4.69) is 31.2 Å². The summed E-state index contributed by atoms with van der Waals surface area (Å²) in [4.78, 5) is 8.53. The zero-order valence-corrected chi connectivity index (χ0v) is 12.2. The molecule has 0 radical (unpaired) electrons. The molecule has 3 nitrogen and oxygen atoms in total. The molecule has 1 aromatic heterocycles. The van der Waals surface area contributed by atoms with Crippen molar-refractivity contribution in [2.45, 2.75) is 12.5 Å². The van der Waals surface area contributed by atoms with Crippen molar-refractivity contribution in [2.24, 2.45) is 0 Å². The Balaban J connectivity index is 2.21. The Hall–Kier alpha value is -0.970. The van der Waals surface area contributed by atoms with Crippen LogP contribution in [-0.4, -0.2) is 17.0 Å². The lowest BCUT2D eigenvalue weighted by molar-refractivity contribution is 0.557. The summed E-state index contributed by atoms with van der Waals surface area (Å²) in [6.07, 6.45) is 4.25. The highest BCUT2D eigenvalue weighted by Crippen LogP contribution is 2.25. The Morgan fingerprint density at radius 3 is 2.67 bits per heavy atom. The van der Waals surface area contributed by atoms with Crippen LogP contribution in [0.15, 0.2) is 41.1 Å². The van der Waals surface area contributed by atoms with Crippen LogP contribution in [0.5, 0.6) is 0 Å². The zero-order valence-electron chi connectivity index (χ0n) is 9.90. The van der Waals surface area contributed by atoms with Crippen LogP contribution in [-0.2, 0) is 6.42 Å². The Morgan fingerprint density at radius 1 is 1.33 bits per heavy atom. The quantitative estimate of drug-likeness (QED) is 0.936. The second-order valence-corrected chi connectivity index (χ2v) is 5.21. The van der Waals surface area contributed by atoms with Crippen LogP contribution in [0.25, 0.3) is 0 Å². The first-order chi connectivity index (χ1) is 8.70. The smallest absolute Gasteiger partial charge is 0.145 e. The molecule has 1 unspecified atom stereocenters. The first kappa shape index (κ1) is 13.5. The second kappa shape index (κ2) is 6.27. The highest BCUT2D eigenvalue weighted by atomic mass is 79.9. The minimum Gasteiger partial charge on any atom is -0.310 e. The molecule has 0 aliphatic heterocycles. The number of nitrogens with zero attached hydrogens (tertiary/aromatic N) is 2. The summed E-state index contributed by atoms with van der Waals surface area (Å²) >= 11 is 9.62. The molecule has 1 atom stereocenters. The van der Waals surface area contributed by atoms with E-state index in [0.717, 1.165) is 27.3 Å². The molecule has 1 N–H and O–H groups in total. The van der Waals surface area contributed by atoms with Gasteiger partial charge in [-0.1, -0.05) is 33.6 Å². The second-order valence-electron chi connectivity index (χ2n) is 3.89. The molecule has 0 aliphatic carbocycles. The summed E-state index contributed by atoms with van der Waals surface area (Å²) in [5, 5.41) is 3.96. The maximum atomic E-state index is 6.22. The van der Waals surface area contributed by atoms with Crippen molar-refractivity contribution < 1.29 is 0 Å². The zero-order chi connectivity index (χ0) is 13.0. The first-order valence-electron chi connectivity index (χ1n) is 5.59. The van der Waals surface area contributed by atoms with Crippen molar-refractivity contribution >= 4 is 27.5 Å². The first-order valence-corrected chi connectivity index (χ1v) is 6.76. The van der Waals surface area contributed by atoms with Gasteiger partial charge in [-0.15, -0.1) is 0 Å². The number of aromatic nitrogens is 2. The number of rotatable bonds is 4. The van der Waals surface area contributed by atoms with Crippen molar-refractivity contribution in [2.75, 3.05) is 7.05 Å². The topological polar surface area (TPSA) is 37.8 Å². The molecule has 0 bridgehead atoms. The standard InChI is InChI=1S/C13H13BrClN3/c1-16-12(13-17-5-2-6-18-13)7-9-3-4-10(14)8-11(9)15/h2-6,8,12,16H,7H2,1H3. The van der Waals surface area contributed by atoms with Gasteiger partial charge < -0.3 is 5.32 Å². The normalized spacial score (nSPS) is 12.4. The minimum atomic E-state index is 0.0601. The molecular formula is C13H13BrClN3. The third-order valence-electron chi connectivity index (χ3n) is 2.69. The summed E-state index contributed by atoms with van der Waals surface area (Å²) in [7, 11) is 1.90. The van der Waals surface area contributed by atoms with Crippen LogP contribution in [0.1, 0.15) is 17.4 Å². The monoisotopic (exact) mass is 325 g/mol. The highest BCUT2D eigenvalue weighted by molar-refractivity contribution is 9.10. The SMILES string of the molecule is CNC(Cc1ccc(Br)cc1Cl)c1ncccn1. The molecular weight excluding hydrogens is 314 g/mol. The van der Waals surface area contributed by atoms with E-state index in [-0.39, 0.29) is 6.04 Å². The molecule has 0 spiro atoms. The van der Waals surface area contributed by atoms with Crippen LogP contribution in [0, 0.1) is 0 Å². The Morgan fingerprint density at radius 2 is 2.06 bits per heavy atom. The molecule has 94 valence electrons. The minimum absolute atomic E-state index is 0.0601. The Labute approximate surface area is 120 Å². The lowest BCUT2D eigenvalue weighted by atomic mass is 10.1. The van der Waals surface area contributed by atoms with Crippen LogP contribution >= 0.6 is 27.5 Å². The number of benzene rings is 1. The van der Waals surface area contributed by atoms with Crippen molar-refractivity contribution in [3.63, 3.8) is 0 Å². The van der Waals surface area contributed by atoms with Gasteiger partial charge in [-0.25, -0.2) is 9.97 Å². The van der Waals surface area contributed by atoms with Gasteiger partial charge in [0.1, 0.15) is 5.82 Å². The summed E-state index contributed by atoms with van der Waals surface area (Å²) in [6.45, 7) is 0. The fourth-order valence-corrected chi connectivity index (χ4v) is 2.47. The van der Waals surface area contributed by atoms with Gasteiger partial charge in [-0.2, -0.15) is 0 Å². The van der Waals surface area contributed by atoms with Gasteiger partial charge in [-0.3, -0.25) is 0 Å². The van der Waals surface area contributed by atoms with Gasteiger partial charge in [0.25, 0.3) is 0 Å². The molecule has 1 heterocycles. The molecule has 1 aromatic carbocycles. The van der Waals surface area contributed by atoms with E-state index >= 15 is 0 Å². The van der Waals surface area contributed by atoms with E-state index in [9.17, 15) is 0 Å². The highest BCUT2D eigenvalue weighted by Gasteiger charge is 2.14. The van der Waals surface area contributed by atoms with Crippen LogP contribution < -0.4 is 5.32 Å². The molecule has 0 fully saturated rings. The number of halogens is 2. The van der Waals surface area contributed by atoms with E-state index in [1.54, 1.807) is 12.4 Å². The Bertz CT molecular complexity index is 519. The lowest BCUT2D eigenvalue weighted by Crippen LogP contribution is -2.21. The molecule has 0 aliphatic rings. The van der Waals surface area contributed by atoms with Crippen LogP contribution in [0.2, 0.25) is 5.02 Å². The van der Waals surface area contributed by atoms with Gasteiger partial charge in [0, 0.05) is 21.9 Å². The average molecular weight is 327 g/mol. The maximum Gasteiger partial charge on any atom is 0.145 e. The third kappa shape index (κ3) is 3.28.